The summed E-state index contributed by atoms with van der Waals surface area (Å²) in [6.07, 6.45) is 0. The molecule has 0 aromatic heterocycles. The van der Waals surface area contributed by atoms with E-state index in [1.54, 1.807) is 0 Å². The number of benzene rings is 1. The third-order valence-electron chi connectivity index (χ3n) is 2.29. The number of ketones is 1. The summed E-state index contributed by atoms with van der Waals surface area (Å²) < 4.78 is 4.22. The Balaban J connectivity index is 3.45. The van der Waals surface area contributed by atoms with Crippen LogP contribution < -0.4 is 0 Å². The zero-order valence-electron chi connectivity index (χ0n) is 10.4. The molecule has 0 saturated heterocycles. The molecule has 0 spiro atoms. The highest BCUT2D eigenvalue weighted by Crippen LogP contribution is 2.23. The Kier molecular flexibility index (Phi) is 4.55. The largest absolute Gasteiger partial charge is 0.495 e. The molecule has 1 N–H and O–H groups in total. The van der Waals surface area contributed by atoms with E-state index in [-0.39, 0.29) is 0 Å². The zero-order chi connectivity index (χ0) is 16.2. The van der Waals surface area contributed by atoms with Gasteiger partial charge in [0.25, 0.3) is 17.2 Å². The quantitative estimate of drug-likeness (QED) is 0.121. The van der Waals surface area contributed by atoms with Gasteiger partial charge in [-0.25, -0.2) is 4.79 Å². The van der Waals surface area contributed by atoms with Crippen molar-refractivity contribution in [3.8, 4) is 0 Å². The number of hydrogen-bond donors (Lipinski definition) is 1. The van der Waals surface area contributed by atoms with Crippen LogP contribution in [0.2, 0.25) is 0 Å². The van der Waals surface area contributed by atoms with E-state index >= 15 is 0 Å². The fourth-order valence-corrected chi connectivity index (χ4v) is 1.36. The van der Waals surface area contributed by atoms with Crippen molar-refractivity contribution in [2.45, 2.75) is 0 Å². The van der Waals surface area contributed by atoms with E-state index < -0.39 is 44.2 Å². The first-order chi connectivity index (χ1) is 9.81. The fourth-order valence-electron chi connectivity index (χ4n) is 1.36. The van der Waals surface area contributed by atoms with E-state index in [0.29, 0.717) is 6.07 Å². The van der Waals surface area contributed by atoms with Crippen LogP contribution in [0.1, 0.15) is 10.4 Å². The minimum absolute atomic E-state index is 0.521. The molecule has 0 bridgehead atoms. The highest BCUT2D eigenvalue weighted by Gasteiger charge is 2.36. The highest BCUT2D eigenvalue weighted by atomic mass is 16.6. The van der Waals surface area contributed by atoms with Gasteiger partial charge < -0.3 is 4.74 Å². The summed E-state index contributed by atoms with van der Waals surface area (Å²) in [5.74, 6) is -2.42. The lowest BCUT2D eigenvalue weighted by Crippen LogP contribution is -2.26. The van der Waals surface area contributed by atoms with Gasteiger partial charge in [-0.3, -0.25) is 25.0 Å². The van der Waals surface area contributed by atoms with Gasteiger partial charge in [0.05, 0.1) is 33.3 Å². The van der Waals surface area contributed by atoms with Crippen LogP contribution in [0.15, 0.2) is 18.2 Å². The summed E-state index contributed by atoms with van der Waals surface area (Å²) in [6.45, 7) is 0. The topological polar surface area (TPSA) is 168 Å². The second-order valence-corrected chi connectivity index (χ2v) is 3.53. The van der Waals surface area contributed by atoms with Gasteiger partial charge in [-0.05, 0) is 0 Å². The van der Waals surface area contributed by atoms with Gasteiger partial charge >= 0.3 is 11.7 Å². The maximum Gasteiger partial charge on any atom is 0.495 e. The number of carbonyl (C=O) groups excluding carboxylic acids is 2. The first-order valence-corrected chi connectivity index (χ1v) is 5.13. The second-order valence-electron chi connectivity index (χ2n) is 3.53. The third-order valence-corrected chi connectivity index (χ3v) is 2.29. The summed E-state index contributed by atoms with van der Waals surface area (Å²) in [5.41, 5.74) is 3.86. The lowest BCUT2D eigenvalue weighted by atomic mass is 10.1. The molecule has 11 nitrogen and oxygen atoms in total. The number of non-ortho nitro benzene ring substituents is 2. The molecule has 0 amide bonds. The van der Waals surface area contributed by atoms with Gasteiger partial charge in [0, 0.05) is 17.7 Å². The lowest BCUT2D eigenvalue weighted by molar-refractivity contribution is -0.394. The van der Waals surface area contributed by atoms with Gasteiger partial charge in [-0.2, -0.15) is 0 Å². The van der Waals surface area contributed by atoms with Crippen LogP contribution in [0, 0.1) is 25.8 Å². The molecule has 0 aliphatic rings. The third kappa shape index (κ3) is 3.30. The molecule has 1 aromatic rings. The number of nitro benzene ring substituents is 2. The number of nitro groups is 2. The van der Waals surface area contributed by atoms with E-state index in [1.165, 1.54) is 0 Å². The van der Waals surface area contributed by atoms with E-state index in [2.05, 4.69) is 9.53 Å². The maximum absolute atomic E-state index is 11.9. The average Bonchev–Trinajstić information content (AvgIpc) is 2.46. The molecular weight excluding hydrogens is 288 g/mol. The lowest BCUT2D eigenvalue weighted by Gasteiger charge is -1.97. The van der Waals surface area contributed by atoms with Gasteiger partial charge in [-0.15, -0.1) is 0 Å². The molecule has 11 heteroatoms. The summed E-state index contributed by atoms with van der Waals surface area (Å²) >= 11 is 0. The standard InChI is InChI=1S/C10H7N4O7/c1-21-10(16)8(12-11)9(15)5-2-6(13(17)18)4-7(3-5)14(19)20/h2-4,11H,1H3/q+1. The minimum Gasteiger partial charge on any atom is -0.460 e. The van der Waals surface area contributed by atoms with Gasteiger partial charge in [-0.1, -0.05) is 0 Å². The smallest absolute Gasteiger partial charge is 0.460 e. The van der Waals surface area contributed by atoms with E-state index in [4.69, 9.17) is 5.53 Å². The molecule has 1 aromatic carbocycles. The number of esters is 1. The Morgan fingerprint density at radius 1 is 1.14 bits per heavy atom. The zero-order valence-corrected chi connectivity index (χ0v) is 10.4. The van der Waals surface area contributed by atoms with Gasteiger partial charge in [0.15, 0.2) is 0 Å². The maximum atomic E-state index is 11.9. The number of nitrogens with zero attached hydrogens (tertiary/aromatic N) is 3. The van der Waals surface area contributed by atoms with Gasteiger partial charge in [0.1, 0.15) is 0 Å². The fraction of sp³-hybridized carbons (Fsp3) is 0.100. The number of rotatable bonds is 5. The van der Waals surface area contributed by atoms with E-state index in [0.717, 1.165) is 19.2 Å². The Hall–Kier alpha value is -3.46. The van der Waals surface area contributed by atoms with Crippen molar-refractivity contribution in [3.05, 3.63) is 44.0 Å². The van der Waals surface area contributed by atoms with E-state index in [1.807, 2.05) is 0 Å². The van der Waals surface area contributed by atoms with Crippen LogP contribution >= 0.6 is 0 Å². The van der Waals surface area contributed by atoms with Gasteiger partial charge in [0.2, 0.25) is 0 Å². The van der Waals surface area contributed by atoms with Crippen molar-refractivity contribution in [2.75, 3.05) is 7.11 Å². The van der Waals surface area contributed by atoms with Crippen LogP contribution in [0.5, 0.6) is 0 Å². The average molecular weight is 295 g/mol. The summed E-state index contributed by atoms with van der Waals surface area (Å²) in [7, 11) is 0.941. The monoisotopic (exact) mass is 295 g/mol. The number of Topliss-reactive ketones (excluding diaryl/α,β-unsaturated/α-hetero) is 1. The van der Waals surface area contributed by atoms with Crippen molar-refractivity contribution >= 4 is 28.8 Å². The molecule has 0 aliphatic carbocycles. The summed E-state index contributed by atoms with van der Waals surface area (Å²) in [6, 6.07) is 2.14. The van der Waals surface area contributed by atoms with E-state index in [9.17, 15) is 29.8 Å². The van der Waals surface area contributed by atoms with Crippen LogP contribution in [0.3, 0.4) is 0 Å². The molecule has 0 aliphatic heterocycles. The van der Waals surface area contributed by atoms with Crippen molar-refractivity contribution in [1.29, 1.82) is 5.53 Å². The number of ether oxygens (including phenoxy) is 1. The van der Waals surface area contributed by atoms with Crippen molar-refractivity contribution in [2.24, 2.45) is 0 Å². The van der Waals surface area contributed by atoms with Crippen molar-refractivity contribution in [3.63, 3.8) is 0 Å². The Bertz CT molecular complexity index is 673. The SMILES string of the molecule is COC(=O)C(=[N+]=N)C(=O)c1cc([N+](=O)[O-])cc([N+](=O)[O-])c1. The van der Waals surface area contributed by atoms with Crippen molar-refractivity contribution < 1.29 is 29.0 Å². The normalized spacial score (nSPS) is 9.38. The minimum atomic E-state index is -1.23. The van der Waals surface area contributed by atoms with Crippen LogP contribution in [-0.2, 0) is 9.53 Å². The molecule has 0 fully saturated rings. The first kappa shape index (κ1) is 15.6. The number of carbonyl (C=O) groups is 2. The molecule has 0 unspecified atom stereocenters. The molecule has 1 rings (SSSR count). The molecule has 21 heavy (non-hydrogen) atoms. The van der Waals surface area contributed by atoms with Crippen LogP contribution in [-0.4, -0.2) is 39.2 Å². The summed E-state index contributed by atoms with van der Waals surface area (Å²) in [5, 5.41) is 21.4. The Morgan fingerprint density at radius 3 is 1.95 bits per heavy atom. The highest BCUT2D eigenvalue weighted by molar-refractivity contribution is 6.65. The number of hydrogen-bond acceptors (Lipinski definition) is 8. The number of methoxy groups -OCH3 is 1. The molecule has 0 atom stereocenters. The first-order valence-electron chi connectivity index (χ1n) is 5.13. The predicted molar refractivity (Wildman–Crippen MR) is 64.1 cm³/mol. The Labute approximate surface area is 115 Å². The predicted octanol–water partition coefficient (Wildman–Crippen LogP) is 0.539. The summed E-state index contributed by atoms with van der Waals surface area (Å²) in [4.78, 5) is 45.4. The molecular formula is C10H7N4O7+. The van der Waals surface area contributed by atoms with Crippen LogP contribution in [0.25, 0.3) is 0 Å². The molecule has 0 saturated carbocycles. The Morgan fingerprint density at radius 2 is 1.62 bits per heavy atom. The van der Waals surface area contributed by atoms with Crippen molar-refractivity contribution in [1.82, 2.24) is 0 Å². The molecule has 0 radical (unpaired) electrons. The van der Waals surface area contributed by atoms with Crippen LogP contribution in [0.4, 0.5) is 11.4 Å². The molecule has 108 valence electrons. The number of nitrogens with one attached hydrogen (secondary N) is 1. The second kappa shape index (κ2) is 6.12. The molecule has 0 heterocycles.